The van der Waals surface area contributed by atoms with Crippen molar-refractivity contribution in [3.63, 3.8) is 0 Å². The third-order valence-corrected chi connectivity index (χ3v) is 5.23. The molecule has 148 valence electrons. The maximum Gasteiger partial charge on any atom is 0.269 e. The van der Waals surface area contributed by atoms with Gasteiger partial charge in [0.25, 0.3) is 5.69 Å². The van der Waals surface area contributed by atoms with Gasteiger partial charge in [-0.2, -0.15) is 0 Å². The van der Waals surface area contributed by atoms with Crippen LogP contribution in [0.3, 0.4) is 0 Å². The molecule has 1 aliphatic heterocycles. The van der Waals surface area contributed by atoms with Gasteiger partial charge >= 0.3 is 0 Å². The van der Waals surface area contributed by atoms with Gasteiger partial charge in [0.2, 0.25) is 5.91 Å². The lowest BCUT2D eigenvalue weighted by Gasteiger charge is -2.32. The van der Waals surface area contributed by atoms with Crippen molar-refractivity contribution in [3.05, 3.63) is 75.8 Å². The summed E-state index contributed by atoms with van der Waals surface area (Å²) in [7, 11) is 1.79. The van der Waals surface area contributed by atoms with Crippen LogP contribution in [0, 0.1) is 10.1 Å². The van der Waals surface area contributed by atoms with Crippen molar-refractivity contribution in [1.29, 1.82) is 0 Å². The second-order valence-corrected chi connectivity index (χ2v) is 7.23. The van der Waals surface area contributed by atoms with Crippen LogP contribution in [0.25, 0.3) is 0 Å². The Morgan fingerprint density at radius 3 is 2.50 bits per heavy atom. The molecule has 0 spiro atoms. The zero-order valence-electron chi connectivity index (χ0n) is 15.9. The van der Waals surface area contributed by atoms with Gasteiger partial charge in [-0.25, -0.2) is 0 Å². The van der Waals surface area contributed by atoms with Crippen LogP contribution < -0.4 is 0 Å². The highest BCUT2D eigenvalue weighted by atomic mass is 16.6. The number of carbonyl (C=O) groups excluding carboxylic acids is 1. The van der Waals surface area contributed by atoms with Gasteiger partial charge in [-0.3, -0.25) is 19.8 Å². The van der Waals surface area contributed by atoms with Gasteiger partial charge in [-0.15, -0.1) is 0 Å². The zero-order chi connectivity index (χ0) is 20.1. The number of nitrogens with zero attached hydrogens (tertiary/aromatic N) is 3. The van der Waals surface area contributed by atoms with Crippen LogP contribution in [0.1, 0.15) is 23.6 Å². The van der Waals surface area contributed by atoms with Gasteiger partial charge in [-0.1, -0.05) is 42.5 Å². The van der Waals surface area contributed by atoms with Crippen LogP contribution in [0.15, 0.2) is 54.6 Å². The molecule has 28 heavy (non-hydrogen) atoms. The van der Waals surface area contributed by atoms with E-state index in [-0.39, 0.29) is 30.2 Å². The molecule has 0 aliphatic carbocycles. The highest BCUT2D eigenvalue weighted by Gasteiger charge is 2.28. The van der Waals surface area contributed by atoms with Gasteiger partial charge < -0.3 is 10.0 Å². The van der Waals surface area contributed by atoms with Crippen LogP contribution in [0.4, 0.5) is 5.69 Å². The molecular formula is C21H25N3O4. The Morgan fingerprint density at radius 1 is 1.25 bits per heavy atom. The fourth-order valence-electron chi connectivity index (χ4n) is 3.56. The average Bonchev–Trinajstić information content (AvgIpc) is 3.11. The van der Waals surface area contributed by atoms with Crippen molar-refractivity contribution < 1.29 is 14.8 Å². The van der Waals surface area contributed by atoms with Crippen LogP contribution in [0.5, 0.6) is 0 Å². The standard InChI is InChI=1S/C21H25N3O4/c1-22(21(26)13-16-7-9-18(10-8-16)24(27)28)20(17-5-3-2-4-6-17)15-23-12-11-19(25)14-23/h2-10,19-20,25H,11-15H2,1H3/t19?,20-/m0/s1. The first-order chi connectivity index (χ1) is 13.4. The van der Waals surface area contributed by atoms with E-state index in [4.69, 9.17) is 0 Å². The maximum atomic E-state index is 12.9. The van der Waals surface area contributed by atoms with E-state index in [9.17, 15) is 20.0 Å². The van der Waals surface area contributed by atoms with Crippen LogP contribution in [-0.4, -0.2) is 58.5 Å². The second kappa shape index (κ2) is 8.95. The minimum atomic E-state index is -0.451. The molecule has 0 saturated carbocycles. The number of aliphatic hydroxyl groups excluding tert-OH is 1. The molecule has 0 bridgehead atoms. The lowest BCUT2D eigenvalue weighted by atomic mass is 10.0. The fraction of sp³-hybridized carbons (Fsp3) is 0.381. The molecule has 2 aromatic carbocycles. The van der Waals surface area contributed by atoms with E-state index in [1.807, 2.05) is 30.3 Å². The molecule has 1 fully saturated rings. The molecule has 1 heterocycles. The summed E-state index contributed by atoms with van der Waals surface area (Å²) in [5.74, 6) is -0.0533. The van der Waals surface area contributed by atoms with Gasteiger partial charge in [0.15, 0.2) is 0 Å². The van der Waals surface area contributed by atoms with Crippen LogP contribution in [0.2, 0.25) is 0 Å². The van der Waals surface area contributed by atoms with E-state index in [2.05, 4.69) is 4.90 Å². The van der Waals surface area contributed by atoms with E-state index < -0.39 is 4.92 Å². The number of nitro benzene ring substituents is 1. The monoisotopic (exact) mass is 383 g/mol. The number of rotatable bonds is 7. The van der Waals surface area contributed by atoms with E-state index in [1.54, 1.807) is 24.1 Å². The number of non-ortho nitro benzene ring substituents is 1. The number of hydrogen-bond acceptors (Lipinski definition) is 5. The summed E-state index contributed by atoms with van der Waals surface area (Å²) in [6.07, 6.45) is 0.625. The van der Waals surface area contributed by atoms with Crippen molar-refractivity contribution in [1.82, 2.24) is 9.80 Å². The Labute approximate surface area is 164 Å². The predicted molar refractivity (Wildman–Crippen MR) is 106 cm³/mol. The van der Waals surface area contributed by atoms with E-state index in [1.165, 1.54) is 12.1 Å². The highest BCUT2D eigenvalue weighted by Crippen LogP contribution is 2.24. The smallest absolute Gasteiger partial charge is 0.269 e. The summed E-state index contributed by atoms with van der Waals surface area (Å²) in [5, 5.41) is 20.6. The first-order valence-corrected chi connectivity index (χ1v) is 9.38. The summed E-state index contributed by atoms with van der Waals surface area (Å²) in [4.78, 5) is 27.2. The first kappa shape index (κ1) is 20.0. The molecule has 1 saturated heterocycles. The molecule has 2 aromatic rings. The quantitative estimate of drug-likeness (QED) is 0.586. The number of hydrogen-bond donors (Lipinski definition) is 1. The number of aliphatic hydroxyl groups is 1. The Kier molecular flexibility index (Phi) is 6.38. The summed E-state index contributed by atoms with van der Waals surface area (Å²) < 4.78 is 0. The third kappa shape index (κ3) is 4.94. The predicted octanol–water partition coefficient (Wildman–Crippen LogP) is 2.40. The molecule has 7 heteroatoms. The summed E-state index contributed by atoms with van der Waals surface area (Å²) in [6.45, 7) is 2.09. The second-order valence-electron chi connectivity index (χ2n) is 7.23. The summed E-state index contributed by atoms with van der Waals surface area (Å²) in [5.41, 5.74) is 1.80. The minimum Gasteiger partial charge on any atom is -0.392 e. The topological polar surface area (TPSA) is 86.9 Å². The Balaban J connectivity index is 1.73. The van der Waals surface area contributed by atoms with Crippen molar-refractivity contribution in [2.45, 2.75) is 25.0 Å². The van der Waals surface area contributed by atoms with Crippen LogP contribution >= 0.6 is 0 Å². The van der Waals surface area contributed by atoms with Crippen molar-refractivity contribution in [3.8, 4) is 0 Å². The molecule has 7 nitrogen and oxygen atoms in total. The summed E-state index contributed by atoms with van der Waals surface area (Å²) in [6, 6.07) is 15.8. The molecule has 2 atom stereocenters. The molecule has 1 N–H and O–H groups in total. The number of benzene rings is 2. The van der Waals surface area contributed by atoms with Crippen molar-refractivity contribution in [2.75, 3.05) is 26.7 Å². The first-order valence-electron chi connectivity index (χ1n) is 9.38. The van der Waals surface area contributed by atoms with Gasteiger partial charge in [-0.05, 0) is 17.5 Å². The lowest BCUT2D eigenvalue weighted by molar-refractivity contribution is -0.384. The number of amides is 1. The SMILES string of the molecule is CN(C(=O)Cc1ccc([N+](=O)[O-])cc1)[C@@H](CN1CCC(O)C1)c1ccccc1. The molecular weight excluding hydrogens is 358 g/mol. The number of likely N-dealkylation sites (tertiary alicyclic amines) is 1. The Bertz CT molecular complexity index is 810. The highest BCUT2D eigenvalue weighted by molar-refractivity contribution is 5.79. The van der Waals surface area contributed by atoms with Crippen molar-refractivity contribution in [2.24, 2.45) is 0 Å². The molecule has 1 aliphatic rings. The number of carbonyl (C=O) groups is 1. The fourth-order valence-corrected chi connectivity index (χ4v) is 3.56. The van der Waals surface area contributed by atoms with E-state index in [0.717, 1.165) is 24.1 Å². The van der Waals surface area contributed by atoms with Gasteiger partial charge in [0.05, 0.1) is 23.5 Å². The van der Waals surface area contributed by atoms with E-state index >= 15 is 0 Å². The molecule has 3 rings (SSSR count). The maximum absolute atomic E-state index is 12.9. The number of β-amino-alcohol motifs (C(OH)–C–C–N with tert-alkyl or cyclic N) is 1. The van der Waals surface area contributed by atoms with E-state index in [0.29, 0.717) is 13.1 Å². The Hall–Kier alpha value is -2.77. The van der Waals surface area contributed by atoms with Gasteiger partial charge in [0, 0.05) is 38.8 Å². The normalized spacial score (nSPS) is 18.0. The molecule has 1 unspecified atom stereocenters. The number of likely N-dealkylation sites (N-methyl/N-ethyl adjacent to an activating group) is 1. The third-order valence-electron chi connectivity index (χ3n) is 5.23. The average molecular weight is 383 g/mol. The molecule has 1 amide bonds. The van der Waals surface area contributed by atoms with Crippen LogP contribution in [-0.2, 0) is 11.2 Å². The molecule has 0 aromatic heterocycles. The van der Waals surface area contributed by atoms with Crippen molar-refractivity contribution >= 4 is 11.6 Å². The minimum absolute atomic E-state index is 0.0132. The lowest BCUT2D eigenvalue weighted by Crippen LogP contribution is -2.39. The zero-order valence-corrected chi connectivity index (χ0v) is 15.9. The van der Waals surface area contributed by atoms with Gasteiger partial charge in [0.1, 0.15) is 0 Å². The number of nitro groups is 1. The summed E-state index contributed by atoms with van der Waals surface area (Å²) >= 11 is 0. The largest absolute Gasteiger partial charge is 0.392 e. The Morgan fingerprint density at radius 2 is 1.93 bits per heavy atom. The molecule has 0 radical (unpaired) electrons.